The van der Waals surface area contributed by atoms with Gasteiger partial charge in [0.05, 0.1) is 0 Å². The summed E-state index contributed by atoms with van der Waals surface area (Å²) in [5.74, 6) is 0. The minimum absolute atomic E-state index is 0. The number of nitrogens with one attached hydrogen (secondary N) is 1. The molecular formula is C14H20ClN3O. The van der Waals surface area contributed by atoms with Gasteiger partial charge in [-0.1, -0.05) is 18.2 Å². The first-order valence-electron chi connectivity index (χ1n) is 6.58. The second kappa shape index (κ2) is 6.37. The van der Waals surface area contributed by atoms with E-state index in [0.717, 1.165) is 52.2 Å². The summed E-state index contributed by atoms with van der Waals surface area (Å²) in [4.78, 5) is 15.1. The molecule has 1 fully saturated rings. The maximum Gasteiger partial charge on any atom is 0.210 e. The predicted molar refractivity (Wildman–Crippen MR) is 77.1 cm³/mol. The van der Waals surface area contributed by atoms with Gasteiger partial charge in [-0.2, -0.15) is 0 Å². The maximum atomic E-state index is 10.8. The van der Waals surface area contributed by atoms with Crippen molar-refractivity contribution in [1.82, 2.24) is 15.1 Å². The Balaban J connectivity index is 0.00000133. The highest BCUT2D eigenvalue weighted by Gasteiger charge is 2.18. The Hall–Kier alpha value is -1.10. The Labute approximate surface area is 120 Å². The van der Waals surface area contributed by atoms with Crippen LogP contribution in [0.4, 0.5) is 0 Å². The van der Waals surface area contributed by atoms with Crippen LogP contribution in [0.25, 0.3) is 0 Å². The van der Waals surface area contributed by atoms with E-state index >= 15 is 0 Å². The van der Waals surface area contributed by atoms with Crippen molar-refractivity contribution in [1.29, 1.82) is 0 Å². The van der Waals surface area contributed by atoms with Crippen LogP contribution in [0.3, 0.4) is 0 Å². The molecule has 2 aliphatic heterocycles. The van der Waals surface area contributed by atoms with E-state index in [1.807, 2.05) is 4.90 Å². The Morgan fingerprint density at radius 2 is 1.89 bits per heavy atom. The van der Waals surface area contributed by atoms with Gasteiger partial charge >= 0.3 is 0 Å². The van der Waals surface area contributed by atoms with E-state index in [-0.39, 0.29) is 12.4 Å². The lowest BCUT2D eigenvalue weighted by atomic mass is 10.1. The Kier molecular flexibility index (Phi) is 4.80. The van der Waals surface area contributed by atoms with E-state index in [1.165, 1.54) is 16.7 Å². The average Bonchev–Trinajstić information content (AvgIpc) is 2.82. The number of fused-ring (bicyclic) bond motifs is 1. The van der Waals surface area contributed by atoms with Gasteiger partial charge in [-0.05, 0) is 16.7 Å². The molecule has 5 heteroatoms. The van der Waals surface area contributed by atoms with Crippen molar-refractivity contribution >= 4 is 18.8 Å². The van der Waals surface area contributed by atoms with Crippen LogP contribution in [0.15, 0.2) is 18.2 Å². The third-order valence-corrected chi connectivity index (χ3v) is 3.78. The average molecular weight is 282 g/mol. The van der Waals surface area contributed by atoms with Crippen LogP contribution in [0.2, 0.25) is 0 Å². The molecule has 0 aromatic heterocycles. The third-order valence-electron chi connectivity index (χ3n) is 3.78. The molecule has 4 nitrogen and oxygen atoms in total. The minimum atomic E-state index is 0. The first-order valence-corrected chi connectivity index (χ1v) is 6.58. The number of benzene rings is 1. The molecule has 1 N–H and O–H groups in total. The summed E-state index contributed by atoms with van der Waals surface area (Å²) in [5.41, 5.74) is 3.98. The van der Waals surface area contributed by atoms with Crippen molar-refractivity contribution in [3.63, 3.8) is 0 Å². The SMILES string of the molecule is Cl.O=CN1Cc2ccc(CN3CCNCC3)cc2C1. The molecule has 1 saturated heterocycles. The fraction of sp³-hybridized carbons (Fsp3) is 0.500. The Morgan fingerprint density at radius 3 is 2.63 bits per heavy atom. The molecule has 0 bridgehead atoms. The lowest BCUT2D eigenvalue weighted by molar-refractivity contribution is -0.118. The fourth-order valence-corrected chi connectivity index (χ4v) is 2.77. The smallest absolute Gasteiger partial charge is 0.210 e. The van der Waals surface area contributed by atoms with Gasteiger partial charge in [-0.25, -0.2) is 0 Å². The van der Waals surface area contributed by atoms with Crippen molar-refractivity contribution in [3.8, 4) is 0 Å². The maximum absolute atomic E-state index is 10.8. The van der Waals surface area contributed by atoms with Crippen molar-refractivity contribution in [2.24, 2.45) is 0 Å². The molecular weight excluding hydrogens is 262 g/mol. The Bertz CT molecular complexity index is 446. The Morgan fingerprint density at radius 1 is 1.16 bits per heavy atom. The van der Waals surface area contributed by atoms with Gasteiger partial charge in [0, 0.05) is 45.8 Å². The highest BCUT2D eigenvalue weighted by atomic mass is 35.5. The number of carbonyl (C=O) groups is 1. The molecule has 1 aromatic carbocycles. The molecule has 2 heterocycles. The van der Waals surface area contributed by atoms with Crippen LogP contribution < -0.4 is 5.32 Å². The molecule has 3 rings (SSSR count). The number of halogens is 1. The largest absolute Gasteiger partial charge is 0.337 e. The molecule has 0 spiro atoms. The normalized spacial score (nSPS) is 18.8. The minimum Gasteiger partial charge on any atom is -0.337 e. The lowest BCUT2D eigenvalue weighted by Gasteiger charge is -2.27. The molecule has 0 radical (unpaired) electrons. The van der Waals surface area contributed by atoms with Crippen LogP contribution >= 0.6 is 12.4 Å². The molecule has 1 aromatic rings. The van der Waals surface area contributed by atoms with E-state index in [9.17, 15) is 4.79 Å². The van der Waals surface area contributed by atoms with Gasteiger partial charge in [-0.3, -0.25) is 9.69 Å². The molecule has 2 aliphatic rings. The second-order valence-electron chi connectivity index (χ2n) is 5.14. The molecule has 0 atom stereocenters. The lowest BCUT2D eigenvalue weighted by Crippen LogP contribution is -2.42. The summed E-state index contributed by atoms with van der Waals surface area (Å²) in [6.07, 6.45) is 0.940. The van der Waals surface area contributed by atoms with Gasteiger partial charge < -0.3 is 10.2 Å². The molecule has 0 saturated carbocycles. The number of nitrogens with zero attached hydrogens (tertiary/aromatic N) is 2. The molecule has 19 heavy (non-hydrogen) atoms. The van der Waals surface area contributed by atoms with E-state index in [0.29, 0.717) is 0 Å². The van der Waals surface area contributed by atoms with Gasteiger partial charge in [-0.15, -0.1) is 12.4 Å². The van der Waals surface area contributed by atoms with Crippen LogP contribution in [0.5, 0.6) is 0 Å². The number of carbonyl (C=O) groups excluding carboxylic acids is 1. The molecule has 0 unspecified atom stereocenters. The zero-order valence-corrected chi connectivity index (χ0v) is 11.8. The van der Waals surface area contributed by atoms with E-state index in [1.54, 1.807) is 0 Å². The van der Waals surface area contributed by atoms with Crippen LogP contribution in [0, 0.1) is 0 Å². The summed E-state index contributed by atoms with van der Waals surface area (Å²) in [6.45, 7) is 6.99. The quantitative estimate of drug-likeness (QED) is 0.839. The van der Waals surface area contributed by atoms with Crippen molar-refractivity contribution in [2.75, 3.05) is 26.2 Å². The highest BCUT2D eigenvalue weighted by Crippen LogP contribution is 2.23. The molecule has 104 valence electrons. The molecule has 1 amide bonds. The second-order valence-corrected chi connectivity index (χ2v) is 5.14. The number of hydrogen-bond acceptors (Lipinski definition) is 3. The zero-order valence-electron chi connectivity index (χ0n) is 11.0. The van der Waals surface area contributed by atoms with Crippen molar-refractivity contribution in [3.05, 3.63) is 34.9 Å². The standard InChI is InChI=1S/C14H19N3O.ClH/c18-11-17-9-13-2-1-12(7-14(13)10-17)8-16-5-3-15-4-6-16;/h1-2,7,11,15H,3-6,8-10H2;1H. The van der Waals surface area contributed by atoms with Gasteiger partial charge in [0.2, 0.25) is 6.41 Å². The third kappa shape index (κ3) is 3.26. The van der Waals surface area contributed by atoms with Gasteiger partial charge in [0.25, 0.3) is 0 Å². The highest BCUT2D eigenvalue weighted by molar-refractivity contribution is 5.85. The summed E-state index contributed by atoms with van der Waals surface area (Å²) in [5, 5.41) is 3.37. The topological polar surface area (TPSA) is 35.6 Å². The fourth-order valence-electron chi connectivity index (χ4n) is 2.77. The predicted octanol–water partition coefficient (Wildman–Crippen LogP) is 0.986. The number of amides is 1. The zero-order chi connectivity index (χ0) is 12.4. The molecule has 0 aliphatic carbocycles. The van der Waals surface area contributed by atoms with E-state index in [2.05, 4.69) is 28.4 Å². The van der Waals surface area contributed by atoms with E-state index < -0.39 is 0 Å². The first-order chi connectivity index (χ1) is 8.85. The van der Waals surface area contributed by atoms with Gasteiger partial charge in [0.1, 0.15) is 0 Å². The summed E-state index contributed by atoms with van der Waals surface area (Å²) >= 11 is 0. The van der Waals surface area contributed by atoms with Crippen LogP contribution in [-0.4, -0.2) is 42.4 Å². The summed E-state index contributed by atoms with van der Waals surface area (Å²) < 4.78 is 0. The summed E-state index contributed by atoms with van der Waals surface area (Å²) in [7, 11) is 0. The number of piperazine rings is 1. The summed E-state index contributed by atoms with van der Waals surface area (Å²) in [6, 6.07) is 6.65. The van der Waals surface area contributed by atoms with Crippen LogP contribution in [0.1, 0.15) is 16.7 Å². The van der Waals surface area contributed by atoms with Crippen molar-refractivity contribution in [2.45, 2.75) is 19.6 Å². The van der Waals surface area contributed by atoms with E-state index in [4.69, 9.17) is 0 Å². The number of rotatable bonds is 3. The first kappa shape index (κ1) is 14.3. The number of hydrogen-bond donors (Lipinski definition) is 1. The van der Waals surface area contributed by atoms with Crippen LogP contribution in [-0.2, 0) is 24.4 Å². The van der Waals surface area contributed by atoms with Gasteiger partial charge in [0.15, 0.2) is 0 Å². The van der Waals surface area contributed by atoms with Crippen molar-refractivity contribution < 1.29 is 4.79 Å². The monoisotopic (exact) mass is 281 g/mol.